The van der Waals surface area contributed by atoms with Crippen molar-refractivity contribution in [1.29, 1.82) is 0 Å². The fourth-order valence-corrected chi connectivity index (χ4v) is 2.34. The Morgan fingerprint density at radius 2 is 2.09 bits per heavy atom. The van der Waals surface area contributed by atoms with Crippen molar-refractivity contribution in [2.24, 2.45) is 16.6 Å². The predicted octanol–water partition coefficient (Wildman–Crippen LogP) is 2.69. The predicted molar refractivity (Wildman–Crippen MR) is 99.6 cm³/mol. The second-order valence-electron chi connectivity index (χ2n) is 5.51. The zero-order valence-electron chi connectivity index (χ0n) is 12.5. The lowest BCUT2D eigenvalue weighted by Crippen LogP contribution is -2.37. The summed E-state index contributed by atoms with van der Waals surface area (Å²) < 4.78 is 1.85. The molecule has 1 aliphatic carbocycles. The number of nitrogens with two attached hydrogens (primary N) is 1. The quantitative estimate of drug-likeness (QED) is 0.452. The second kappa shape index (κ2) is 8.17. The maximum Gasteiger partial charge on any atom is 0.188 e. The Hall–Kier alpha value is -1.57. The van der Waals surface area contributed by atoms with Crippen LogP contribution in [0.3, 0.4) is 0 Å². The Labute approximate surface area is 148 Å². The Balaban J connectivity index is 0.00000176. The first-order chi connectivity index (χ1) is 10.3. The summed E-state index contributed by atoms with van der Waals surface area (Å²) in [5.41, 5.74) is 7.97. The molecule has 0 bridgehead atoms. The van der Waals surface area contributed by atoms with Crippen LogP contribution in [-0.2, 0) is 6.54 Å². The number of benzene rings is 1. The van der Waals surface area contributed by atoms with Crippen molar-refractivity contribution in [2.75, 3.05) is 6.54 Å². The molecule has 1 heterocycles. The fourth-order valence-electron chi connectivity index (χ4n) is 2.34. The fraction of sp³-hybridized carbons (Fsp3) is 0.375. The van der Waals surface area contributed by atoms with E-state index in [1.54, 1.807) is 0 Å². The number of aliphatic imine (C=N–C) groups is 1. The zero-order valence-corrected chi connectivity index (χ0v) is 14.8. The smallest absolute Gasteiger partial charge is 0.188 e. The van der Waals surface area contributed by atoms with Gasteiger partial charge in [0.25, 0.3) is 0 Å². The normalized spacial score (nSPS) is 15.0. The Morgan fingerprint density at radius 1 is 1.32 bits per heavy atom. The van der Waals surface area contributed by atoms with Crippen molar-refractivity contribution in [3.05, 3.63) is 48.3 Å². The van der Waals surface area contributed by atoms with E-state index in [1.165, 1.54) is 19.3 Å². The van der Waals surface area contributed by atoms with Crippen LogP contribution in [0.2, 0.25) is 0 Å². The molecule has 118 valence electrons. The van der Waals surface area contributed by atoms with Gasteiger partial charge in [0, 0.05) is 18.3 Å². The summed E-state index contributed by atoms with van der Waals surface area (Å²) in [6.07, 6.45) is 7.78. The van der Waals surface area contributed by atoms with E-state index in [4.69, 9.17) is 5.73 Å². The van der Waals surface area contributed by atoms with Gasteiger partial charge in [0.05, 0.1) is 18.4 Å². The van der Waals surface area contributed by atoms with E-state index in [0.29, 0.717) is 12.5 Å². The van der Waals surface area contributed by atoms with Crippen LogP contribution in [0.5, 0.6) is 0 Å². The van der Waals surface area contributed by atoms with Gasteiger partial charge in [-0.15, -0.1) is 24.0 Å². The van der Waals surface area contributed by atoms with Crippen molar-refractivity contribution in [1.82, 2.24) is 15.1 Å². The summed E-state index contributed by atoms with van der Waals surface area (Å²) in [5.74, 6) is 1.30. The molecule has 0 aliphatic heterocycles. The number of guanidine groups is 1. The third kappa shape index (κ3) is 4.46. The van der Waals surface area contributed by atoms with Gasteiger partial charge in [0.15, 0.2) is 5.96 Å². The van der Waals surface area contributed by atoms with Gasteiger partial charge < -0.3 is 11.1 Å². The van der Waals surface area contributed by atoms with Gasteiger partial charge in [-0.3, -0.25) is 0 Å². The number of hydrogen-bond donors (Lipinski definition) is 2. The molecular weight excluding hydrogens is 389 g/mol. The minimum atomic E-state index is 0. The highest BCUT2D eigenvalue weighted by Gasteiger charge is 2.16. The van der Waals surface area contributed by atoms with E-state index < -0.39 is 0 Å². The molecule has 3 N–H and O–H groups in total. The Morgan fingerprint density at radius 3 is 2.77 bits per heavy atom. The minimum absolute atomic E-state index is 0. The van der Waals surface area contributed by atoms with Gasteiger partial charge >= 0.3 is 0 Å². The molecule has 1 aromatic carbocycles. The molecule has 1 saturated carbocycles. The highest BCUT2D eigenvalue weighted by atomic mass is 127. The number of rotatable bonds is 5. The molecule has 3 rings (SSSR count). The van der Waals surface area contributed by atoms with Crippen LogP contribution in [0.15, 0.2) is 47.7 Å². The van der Waals surface area contributed by atoms with Gasteiger partial charge in [-0.1, -0.05) is 24.6 Å². The van der Waals surface area contributed by atoms with E-state index in [2.05, 4.69) is 15.4 Å². The molecule has 0 unspecified atom stereocenters. The summed E-state index contributed by atoms with van der Waals surface area (Å²) in [6, 6.07) is 10.0. The number of aromatic nitrogens is 2. The van der Waals surface area contributed by atoms with Crippen LogP contribution in [0.1, 0.15) is 24.8 Å². The van der Waals surface area contributed by atoms with E-state index >= 15 is 0 Å². The van der Waals surface area contributed by atoms with E-state index in [0.717, 1.165) is 23.7 Å². The topological polar surface area (TPSA) is 68.2 Å². The molecule has 0 spiro atoms. The first kappa shape index (κ1) is 16.8. The SMILES string of the molecule is I.NC(=NCc1cnn(-c2ccccc2)c1)NCC1CCC1. The standard InChI is InChI=1S/C16H21N5.HI/c17-16(18-9-13-5-4-6-13)19-10-14-11-20-21(12-14)15-7-2-1-3-8-15;/h1-3,7-8,11-13H,4-6,9-10H2,(H3,17,18,19);1H. The summed E-state index contributed by atoms with van der Waals surface area (Å²) in [5, 5.41) is 7.54. The number of hydrogen-bond acceptors (Lipinski definition) is 2. The highest BCUT2D eigenvalue weighted by molar-refractivity contribution is 14.0. The summed E-state index contributed by atoms with van der Waals surface area (Å²) in [6.45, 7) is 1.49. The summed E-state index contributed by atoms with van der Waals surface area (Å²) in [7, 11) is 0. The summed E-state index contributed by atoms with van der Waals surface area (Å²) in [4.78, 5) is 4.36. The van der Waals surface area contributed by atoms with Crippen LogP contribution in [0.4, 0.5) is 0 Å². The molecular formula is C16H22IN5. The highest BCUT2D eigenvalue weighted by Crippen LogP contribution is 2.24. The number of nitrogens with one attached hydrogen (secondary N) is 1. The zero-order chi connectivity index (χ0) is 14.5. The molecule has 1 aromatic heterocycles. The lowest BCUT2D eigenvalue weighted by atomic mass is 9.85. The lowest BCUT2D eigenvalue weighted by Gasteiger charge is -2.25. The lowest BCUT2D eigenvalue weighted by molar-refractivity contribution is 0.315. The molecule has 0 amide bonds. The third-order valence-electron chi connectivity index (χ3n) is 3.89. The molecule has 2 aromatic rings. The average molecular weight is 411 g/mol. The first-order valence-electron chi connectivity index (χ1n) is 7.44. The third-order valence-corrected chi connectivity index (χ3v) is 3.89. The molecule has 1 aliphatic rings. The Bertz CT molecular complexity index is 604. The molecule has 22 heavy (non-hydrogen) atoms. The number of para-hydroxylation sites is 1. The van der Waals surface area contributed by atoms with Crippen LogP contribution in [0, 0.1) is 5.92 Å². The maximum absolute atomic E-state index is 5.88. The largest absolute Gasteiger partial charge is 0.370 e. The molecule has 1 fully saturated rings. The minimum Gasteiger partial charge on any atom is -0.370 e. The monoisotopic (exact) mass is 411 g/mol. The van der Waals surface area contributed by atoms with Crippen molar-refractivity contribution in [3.8, 4) is 5.69 Å². The van der Waals surface area contributed by atoms with Gasteiger partial charge in [-0.25, -0.2) is 9.67 Å². The van der Waals surface area contributed by atoms with Crippen LogP contribution in [0.25, 0.3) is 5.69 Å². The van der Waals surface area contributed by atoms with Crippen molar-refractivity contribution in [2.45, 2.75) is 25.8 Å². The Kier molecular flexibility index (Phi) is 6.23. The van der Waals surface area contributed by atoms with E-state index in [9.17, 15) is 0 Å². The van der Waals surface area contributed by atoms with Crippen molar-refractivity contribution in [3.63, 3.8) is 0 Å². The molecule has 0 atom stereocenters. The molecule has 0 saturated heterocycles. The second-order valence-corrected chi connectivity index (χ2v) is 5.51. The van der Waals surface area contributed by atoms with Crippen molar-refractivity contribution < 1.29 is 0 Å². The number of nitrogens with zero attached hydrogens (tertiary/aromatic N) is 3. The first-order valence-corrected chi connectivity index (χ1v) is 7.44. The molecule has 0 radical (unpaired) electrons. The molecule has 5 nitrogen and oxygen atoms in total. The number of halogens is 1. The van der Waals surface area contributed by atoms with Crippen molar-refractivity contribution >= 4 is 29.9 Å². The average Bonchev–Trinajstić information content (AvgIpc) is 2.93. The van der Waals surface area contributed by atoms with Crippen LogP contribution < -0.4 is 11.1 Å². The van der Waals surface area contributed by atoms with E-state index in [1.807, 2.05) is 47.4 Å². The summed E-state index contributed by atoms with van der Waals surface area (Å²) >= 11 is 0. The van der Waals surface area contributed by atoms with Crippen LogP contribution >= 0.6 is 24.0 Å². The molecule has 6 heteroatoms. The van der Waals surface area contributed by atoms with Gasteiger partial charge in [0.1, 0.15) is 0 Å². The van der Waals surface area contributed by atoms with E-state index in [-0.39, 0.29) is 24.0 Å². The maximum atomic E-state index is 5.88. The van der Waals surface area contributed by atoms with Gasteiger partial charge in [-0.05, 0) is 30.9 Å². The van der Waals surface area contributed by atoms with Gasteiger partial charge in [-0.2, -0.15) is 5.10 Å². The van der Waals surface area contributed by atoms with Gasteiger partial charge in [0.2, 0.25) is 0 Å². The van der Waals surface area contributed by atoms with Crippen LogP contribution in [-0.4, -0.2) is 22.3 Å².